The molecule has 0 aliphatic carbocycles. The molecule has 0 saturated heterocycles. The maximum absolute atomic E-state index is 5.75. The Morgan fingerprint density at radius 1 is 0.846 bits per heavy atom. The standard InChI is InChI=1S/C10H24O2Si/c1-5-7-8-10-12-13(3,4)11-9-6-2/h5-10H2,1-4H3. The Hall–Kier alpha value is 0.137. The van der Waals surface area contributed by atoms with Gasteiger partial charge in [0.15, 0.2) is 0 Å². The van der Waals surface area contributed by atoms with Gasteiger partial charge >= 0.3 is 8.56 Å². The minimum Gasteiger partial charge on any atom is -0.395 e. The van der Waals surface area contributed by atoms with Crippen molar-refractivity contribution in [3.63, 3.8) is 0 Å². The summed E-state index contributed by atoms with van der Waals surface area (Å²) in [7, 11) is -1.77. The SMILES string of the molecule is CCCCCO[Si](C)(C)OCCC. The molecule has 0 unspecified atom stereocenters. The van der Waals surface area contributed by atoms with Crippen LogP contribution in [-0.4, -0.2) is 21.8 Å². The van der Waals surface area contributed by atoms with Gasteiger partial charge in [-0.05, 0) is 25.9 Å². The molecular formula is C10H24O2Si. The Balaban J connectivity index is 3.39. The molecule has 0 radical (unpaired) electrons. The first-order chi connectivity index (χ1) is 6.12. The van der Waals surface area contributed by atoms with Gasteiger partial charge in [-0.3, -0.25) is 0 Å². The Kier molecular flexibility index (Phi) is 7.61. The van der Waals surface area contributed by atoms with Gasteiger partial charge in [-0.2, -0.15) is 0 Å². The second-order valence-corrected chi connectivity index (χ2v) is 7.18. The van der Waals surface area contributed by atoms with Crippen LogP contribution in [0.2, 0.25) is 13.1 Å². The highest BCUT2D eigenvalue weighted by atomic mass is 28.4. The minimum absolute atomic E-state index is 0.840. The monoisotopic (exact) mass is 204 g/mol. The molecule has 0 spiro atoms. The molecule has 0 aliphatic rings. The third-order valence-electron chi connectivity index (χ3n) is 1.85. The molecule has 0 aliphatic heterocycles. The van der Waals surface area contributed by atoms with Gasteiger partial charge in [-0.25, -0.2) is 0 Å². The predicted octanol–water partition coefficient (Wildman–Crippen LogP) is 3.32. The van der Waals surface area contributed by atoms with Crippen LogP contribution in [-0.2, 0) is 8.85 Å². The van der Waals surface area contributed by atoms with Crippen molar-refractivity contribution in [2.45, 2.75) is 52.6 Å². The van der Waals surface area contributed by atoms with E-state index in [9.17, 15) is 0 Å². The third-order valence-corrected chi connectivity index (χ3v) is 3.65. The highest BCUT2D eigenvalue weighted by molar-refractivity contribution is 6.64. The first kappa shape index (κ1) is 13.1. The summed E-state index contributed by atoms with van der Waals surface area (Å²) in [5.74, 6) is 0. The van der Waals surface area contributed by atoms with Crippen molar-refractivity contribution in [2.24, 2.45) is 0 Å². The molecule has 0 saturated carbocycles. The first-order valence-electron chi connectivity index (χ1n) is 5.40. The van der Waals surface area contributed by atoms with Crippen molar-refractivity contribution in [2.75, 3.05) is 13.2 Å². The fourth-order valence-electron chi connectivity index (χ4n) is 1.06. The summed E-state index contributed by atoms with van der Waals surface area (Å²) >= 11 is 0. The Morgan fingerprint density at radius 2 is 1.46 bits per heavy atom. The third kappa shape index (κ3) is 8.47. The van der Waals surface area contributed by atoms with Gasteiger partial charge in [0.05, 0.1) is 0 Å². The van der Waals surface area contributed by atoms with E-state index in [1.54, 1.807) is 0 Å². The fraction of sp³-hybridized carbons (Fsp3) is 1.00. The van der Waals surface area contributed by atoms with Crippen molar-refractivity contribution < 1.29 is 8.85 Å². The van der Waals surface area contributed by atoms with Crippen molar-refractivity contribution in [3.8, 4) is 0 Å². The normalized spacial score (nSPS) is 12.0. The molecule has 0 heterocycles. The smallest absolute Gasteiger partial charge is 0.331 e. The molecule has 0 aromatic heterocycles. The van der Waals surface area contributed by atoms with E-state index in [0.717, 1.165) is 19.6 Å². The average molecular weight is 204 g/mol. The molecule has 0 atom stereocenters. The summed E-state index contributed by atoms with van der Waals surface area (Å²) in [4.78, 5) is 0. The van der Waals surface area contributed by atoms with E-state index in [1.165, 1.54) is 19.3 Å². The summed E-state index contributed by atoms with van der Waals surface area (Å²) in [5, 5.41) is 0. The second kappa shape index (κ2) is 7.53. The molecular weight excluding hydrogens is 180 g/mol. The Morgan fingerprint density at radius 3 is 2.00 bits per heavy atom. The Labute approximate surface area is 83.9 Å². The lowest BCUT2D eigenvalue weighted by Crippen LogP contribution is -2.35. The van der Waals surface area contributed by atoms with Crippen LogP contribution in [0.3, 0.4) is 0 Å². The lowest BCUT2D eigenvalue weighted by atomic mass is 10.3. The van der Waals surface area contributed by atoms with E-state index in [0.29, 0.717) is 0 Å². The molecule has 0 fully saturated rings. The van der Waals surface area contributed by atoms with Crippen LogP contribution in [0.1, 0.15) is 39.5 Å². The largest absolute Gasteiger partial charge is 0.395 e. The van der Waals surface area contributed by atoms with Gasteiger partial charge in [0, 0.05) is 13.2 Å². The number of hydrogen-bond acceptors (Lipinski definition) is 2. The molecule has 2 nitrogen and oxygen atoms in total. The highest BCUT2D eigenvalue weighted by Gasteiger charge is 2.23. The molecule has 0 aromatic rings. The van der Waals surface area contributed by atoms with Crippen LogP contribution < -0.4 is 0 Å². The molecule has 0 rings (SSSR count). The van der Waals surface area contributed by atoms with Crippen LogP contribution in [0.15, 0.2) is 0 Å². The van der Waals surface area contributed by atoms with E-state index in [-0.39, 0.29) is 0 Å². The second-order valence-electron chi connectivity index (χ2n) is 3.80. The van der Waals surface area contributed by atoms with E-state index >= 15 is 0 Å². The summed E-state index contributed by atoms with van der Waals surface area (Å²) < 4.78 is 11.4. The van der Waals surface area contributed by atoms with Gasteiger partial charge in [0.2, 0.25) is 0 Å². The predicted molar refractivity (Wildman–Crippen MR) is 59.2 cm³/mol. The van der Waals surface area contributed by atoms with Crippen molar-refractivity contribution >= 4 is 8.56 Å². The van der Waals surface area contributed by atoms with Gasteiger partial charge in [0.1, 0.15) is 0 Å². The van der Waals surface area contributed by atoms with E-state index in [2.05, 4.69) is 26.9 Å². The van der Waals surface area contributed by atoms with E-state index in [4.69, 9.17) is 8.85 Å². The van der Waals surface area contributed by atoms with Crippen LogP contribution in [0.25, 0.3) is 0 Å². The summed E-state index contributed by atoms with van der Waals surface area (Å²) in [5.41, 5.74) is 0. The zero-order chi connectivity index (χ0) is 10.2. The molecule has 80 valence electrons. The molecule has 0 bridgehead atoms. The van der Waals surface area contributed by atoms with E-state index in [1.807, 2.05) is 0 Å². The van der Waals surface area contributed by atoms with Crippen LogP contribution in [0.5, 0.6) is 0 Å². The first-order valence-corrected chi connectivity index (χ1v) is 8.22. The van der Waals surface area contributed by atoms with E-state index < -0.39 is 8.56 Å². The summed E-state index contributed by atoms with van der Waals surface area (Å²) in [6.07, 6.45) is 4.76. The minimum atomic E-state index is -1.77. The average Bonchev–Trinajstić information content (AvgIpc) is 2.09. The quantitative estimate of drug-likeness (QED) is 0.446. The molecule has 3 heteroatoms. The van der Waals surface area contributed by atoms with Gasteiger partial charge < -0.3 is 8.85 Å². The van der Waals surface area contributed by atoms with Crippen LogP contribution in [0.4, 0.5) is 0 Å². The maximum Gasteiger partial charge on any atom is 0.331 e. The van der Waals surface area contributed by atoms with Crippen LogP contribution in [0, 0.1) is 0 Å². The van der Waals surface area contributed by atoms with Crippen LogP contribution >= 0.6 is 0 Å². The zero-order valence-corrected chi connectivity index (χ0v) is 10.6. The van der Waals surface area contributed by atoms with Crippen molar-refractivity contribution in [1.29, 1.82) is 0 Å². The van der Waals surface area contributed by atoms with Gasteiger partial charge in [-0.1, -0.05) is 26.7 Å². The lowest BCUT2D eigenvalue weighted by Gasteiger charge is -2.22. The van der Waals surface area contributed by atoms with Crippen molar-refractivity contribution in [1.82, 2.24) is 0 Å². The highest BCUT2D eigenvalue weighted by Crippen LogP contribution is 2.08. The molecule has 13 heavy (non-hydrogen) atoms. The fourth-order valence-corrected chi connectivity index (χ4v) is 2.47. The maximum atomic E-state index is 5.75. The van der Waals surface area contributed by atoms with Crippen molar-refractivity contribution in [3.05, 3.63) is 0 Å². The molecule has 0 aromatic carbocycles. The van der Waals surface area contributed by atoms with Gasteiger partial charge in [-0.15, -0.1) is 0 Å². The topological polar surface area (TPSA) is 18.5 Å². The molecule has 0 amide bonds. The Bertz CT molecular complexity index is 115. The number of rotatable bonds is 8. The number of unbranched alkanes of at least 4 members (excludes halogenated alkanes) is 2. The van der Waals surface area contributed by atoms with Gasteiger partial charge in [0.25, 0.3) is 0 Å². The lowest BCUT2D eigenvalue weighted by molar-refractivity contribution is 0.176. The zero-order valence-electron chi connectivity index (χ0n) is 9.56. The summed E-state index contributed by atoms with van der Waals surface area (Å²) in [6.45, 7) is 10.3. The summed E-state index contributed by atoms with van der Waals surface area (Å²) in [6, 6.07) is 0. The number of hydrogen-bond donors (Lipinski definition) is 0. The molecule has 0 N–H and O–H groups in total.